The van der Waals surface area contributed by atoms with Crippen LogP contribution in [0.15, 0.2) is 10.2 Å². The van der Waals surface area contributed by atoms with Crippen molar-refractivity contribution in [2.24, 2.45) is 5.41 Å². The number of hydrogen-bond donors (Lipinski definition) is 2. The Morgan fingerprint density at radius 3 is 2.81 bits per heavy atom. The molecule has 1 rings (SSSR count). The highest BCUT2D eigenvalue weighted by molar-refractivity contribution is 7.07. The Kier molecular flexibility index (Phi) is 4.26. The molecule has 16 heavy (non-hydrogen) atoms. The van der Waals surface area contributed by atoms with Crippen LogP contribution in [0.3, 0.4) is 0 Å². The molecular weight excluding hydrogens is 228 g/mol. The van der Waals surface area contributed by atoms with E-state index in [9.17, 15) is 9.59 Å². The predicted octanol–water partition coefficient (Wildman–Crippen LogP) is 0.725. The summed E-state index contributed by atoms with van der Waals surface area (Å²) < 4.78 is 4.69. The van der Waals surface area contributed by atoms with E-state index in [0.29, 0.717) is 13.1 Å². The van der Waals surface area contributed by atoms with Crippen molar-refractivity contribution in [3.05, 3.63) is 20.7 Å². The van der Waals surface area contributed by atoms with Crippen LogP contribution < -0.4 is 10.2 Å². The lowest BCUT2D eigenvalue weighted by molar-refractivity contribution is -0.150. The molecule has 0 aliphatic rings. The van der Waals surface area contributed by atoms with Crippen LogP contribution in [0.4, 0.5) is 0 Å². The predicted molar refractivity (Wildman–Crippen MR) is 62.4 cm³/mol. The van der Waals surface area contributed by atoms with Crippen LogP contribution >= 0.6 is 11.3 Å². The molecule has 1 aromatic heterocycles. The van der Waals surface area contributed by atoms with Gasteiger partial charge in [-0.25, -0.2) is 0 Å². The molecule has 0 aliphatic heterocycles. The van der Waals surface area contributed by atoms with E-state index in [0.717, 1.165) is 17.0 Å². The monoisotopic (exact) mass is 244 g/mol. The van der Waals surface area contributed by atoms with Crippen LogP contribution in [0, 0.1) is 5.41 Å². The quantitative estimate of drug-likeness (QED) is 0.749. The molecule has 0 aromatic carbocycles. The summed E-state index contributed by atoms with van der Waals surface area (Å²) in [6.07, 6.45) is 0. The minimum absolute atomic E-state index is 0.0657. The second kappa shape index (κ2) is 5.27. The number of methoxy groups -OCH3 is 1. The number of carbonyl (C=O) groups excluding carboxylic acids is 1. The lowest BCUT2D eigenvalue weighted by atomic mass is 9.94. The van der Waals surface area contributed by atoms with E-state index in [4.69, 9.17) is 0 Å². The van der Waals surface area contributed by atoms with E-state index in [1.807, 2.05) is 13.8 Å². The molecule has 0 saturated carbocycles. The molecule has 90 valence electrons. The fourth-order valence-corrected chi connectivity index (χ4v) is 1.84. The molecule has 0 saturated heterocycles. The van der Waals surface area contributed by atoms with E-state index in [-0.39, 0.29) is 10.8 Å². The van der Waals surface area contributed by atoms with Crippen molar-refractivity contribution in [3.8, 4) is 0 Å². The number of carbonyl (C=O) groups is 1. The summed E-state index contributed by atoms with van der Waals surface area (Å²) in [5.41, 5.74) is 0.265. The van der Waals surface area contributed by atoms with E-state index in [1.54, 1.807) is 5.38 Å². The van der Waals surface area contributed by atoms with Crippen molar-refractivity contribution in [1.29, 1.82) is 0 Å². The molecule has 0 bridgehead atoms. The summed E-state index contributed by atoms with van der Waals surface area (Å²) in [7, 11) is 1.38. The number of rotatable bonds is 5. The molecule has 5 nitrogen and oxygen atoms in total. The first-order valence-corrected chi connectivity index (χ1v) is 5.79. The van der Waals surface area contributed by atoms with Crippen molar-refractivity contribution in [2.75, 3.05) is 13.7 Å². The number of aromatic amines is 1. The van der Waals surface area contributed by atoms with Gasteiger partial charge in [0.15, 0.2) is 0 Å². The average Bonchev–Trinajstić information content (AvgIpc) is 2.62. The second-order valence-electron chi connectivity index (χ2n) is 4.15. The van der Waals surface area contributed by atoms with Gasteiger partial charge < -0.3 is 15.0 Å². The summed E-state index contributed by atoms with van der Waals surface area (Å²) in [4.78, 5) is 24.9. The highest BCUT2D eigenvalue weighted by Gasteiger charge is 2.27. The van der Waals surface area contributed by atoms with Gasteiger partial charge in [-0.1, -0.05) is 11.3 Å². The zero-order valence-electron chi connectivity index (χ0n) is 9.62. The third-order valence-electron chi connectivity index (χ3n) is 2.19. The minimum Gasteiger partial charge on any atom is -0.469 e. The number of esters is 1. The van der Waals surface area contributed by atoms with E-state index in [2.05, 4.69) is 15.0 Å². The average molecular weight is 244 g/mol. The van der Waals surface area contributed by atoms with Crippen molar-refractivity contribution < 1.29 is 9.53 Å². The Labute approximate surface area is 97.8 Å². The fraction of sp³-hybridized carbons (Fsp3) is 0.600. The van der Waals surface area contributed by atoms with Crippen LogP contribution in [0.1, 0.15) is 19.5 Å². The molecule has 1 aromatic rings. The maximum atomic E-state index is 11.4. The van der Waals surface area contributed by atoms with Gasteiger partial charge in [-0.05, 0) is 13.8 Å². The third kappa shape index (κ3) is 3.46. The Morgan fingerprint density at radius 2 is 2.31 bits per heavy atom. The van der Waals surface area contributed by atoms with Crippen molar-refractivity contribution >= 4 is 17.3 Å². The smallest absolute Gasteiger partial charge is 0.312 e. The Balaban J connectivity index is 2.41. The summed E-state index contributed by atoms with van der Waals surface area (Å²) in [6, 6.07) is 0. The van der Waals surface area contributed by atoms with Crippen molar-refractivity contribution in [1.82, 2.24) is 10.3 Å². The summed E-state index contributed by atoms with van der Waals surface area (Å²) in [5.74, 6) is -0.251. The molecule has 0 amide bonds. The topological polar surface area (TPSA) is 71.2 Å². The first-order valence-electron chi connectivity index (χ1n) is 4.91. The largest absolute Gasteiger partial charge is 0.469 e. The molecule has 2 N–H and O–H groups in total. The van der Waals surface area contributed by atoms with Crippen molar-refractivity contribution in [2.45, 2.75) is 20.4 Å². The molecule has 6 heteroatoms. The van der Waals surface area contributed by atoms with Gasteiger partial charge in [0.1, 0.15) is 0 Å². The number of hydrogen-bond acceptors (Lipinski definition) is 5. The van der Waals surface area contributed by atoms with Crippen LogP contribution in [0.5, 0.6) is 0 Å². The highest BCUT2D eigenvalue weighted by Crippen LogP contribution is 2.15. The van der Waals surface area contributed by atoms with Gasteiger partial charge >= 0.3 is 10.8 Å². The number of nitrogens with one attached hydrogen (secondary N) is 2. The van der Waals surface area contributed by atoms with Crippen molar-refractivity contribution in [3.63, 3.8) is 0 Å². The Hall–Kier alpha value is -1.14. The standard InChI is InChI=1S/C10H16N2O3S/c1-10(2,8(13)15-3)6-11-4-7-5-16-9(14)12-7/h5,11H,4,6H2,1-3H3,(H,12,14). The zero-order chi connectivity index (χ0) is 12.2. The van der Waals surface area contributed by atoms with Gasteiger partial charge in [-0.2, -0.15) is 0 Å². The fourth-order valence-electron chi connectivity index (χ4n) is 1.26. The van der Waals surface area contributed by atoms with Crippen LogP contribution in [-0.2, 0) is 16.1 Å². The molecular formula is C10H16N2O3S. The van der Waals surface area contributed by atoms with Gasteiger partial charge in [0, 0.05) is 24.2 Å². The number of thiazole rings is 1. The number of ether oxygens (including phenoxy) is 1. The molecule has 0 aliphatic carbocycles. The highest BCUT2D eigenvalue weighted by atomic mass is 32.1. The van der Waals surface area contributed by atoms with Gasteiger partial charge in [0.2, 0.25) is 0 Å². The van der Waals surface area contributed by atoms with Crippen LogP contribution in [-0.4, -0.2) is 24.6 Å². The Bertz CT molecular complexity index is 408. The zero-order valence-corrected chi connectivity index (χ0v) is 10.4. The normalized spacial score (nSPS) is 11.4. The van der Waals surface area contributed by atoms with Gasteiger partial charge in [-0.15, -0.1) is 0 Å². The lowest BCUT2D eigenvalue weighted by Gasteiger charge is -2.21. The molecule has 0 atom stereocenters. The number of aromatic nitrogens is 1. The van der Waals surface area contributed by atoms with Crippen LogP contribution in [0.2, 0.25) is 0 Å². The first-order chi connectivity index (χ1) is 7.45. The van der Waals surface area contributed by atoms with E-state index in [1.165, 1.54) is 7.11 Å². The first kappa shape index (κ1) is 12.9. The molecule has 0 unspecified atom stereocenters. The van der Waals surface area contributed by atoms with Gasteiger partial charge in [0.25, 0.3) is 0 Å². The number of H-pyrrole nitrogens is 1. The summed E-state index contributed by atoms with van der Waals surface area (Å²) in [6.45, 7) is 4.65. The SMILES string of the molecule is COC(=O)C(C)(C)CNCc1csc(=O)[nH]1. The maximum Gasteiger partial charge on any atom is 0.312 e. The molecule has 0 radical (unpaired) electrons. The lowest BCUT2D eigenvalue weighted by Crippen LogP contribution is -2.36. The molecule has 1 heterocycles. The summed E-state index contributed by atoms with van der Waals surface area (Å²) in [5, 5.41) is 4.87. The van der Waals surface area contributed by atoms with Gasteiger partial charge in [-0.3, -0.25) is 9.59 Å². The van der Waals surface area contributed by atoms with Gasteiger partial charge in [0.05, 0.1) is 12.5 Å². The van der Waals surface area contributed by atoms with E-state index < -0.39 is 5.41 Å². The maximum absolute atomic E-state index is 11.4. The third-order valence-corrected chi connectivity index (χ3v) is 2.91. The Morgan fingerprint density at radius 1 is 1.62 bits per heavy atom. The molecule has 0 spiro atoms. The van der Waals surface area contributed by atoms with Crippen LogP contribution in [0.25, 0.3) is 0 Å². The van der Waals surface area contributed by atoms with E-state index >= 15 is 0 Å². The second-order valence-corrected chi connectivity index (χ2v) is 4.99. The molecule has 0 fully saturated rings. The summed E-state index contributed by atoms with van der Waals surface area (Å²) >= 11 is 1.13. The minimum atomic E-state index is -0.564.